The number of nitrogens with zero attached hydrogens (tertiary/aromatic N) is 4. The zero-order chi connectivity index (χ0) is 15.6. The van der Waals surface area contributed by atoms with Crippen LogP contribution in [0.3, 0.4) is 0 Å². The van der Waals surface area contributed by atoms with E-state index in [0.29, 0.717) is 11.5 Å². The van der Waals surface area contributed by atoms with Gasteiger partial charge in [-0.15, -0.1) is 0 Å². The van der Waals surface area contributed by atoms with Crippen molar-refractivity contribution in [1.82, 2.24) is 25.1 Å². The zero-order valence-corrected chi connectivity index (χ0v) is 12.6. The molecule has 0 aliphatic carbocycles. The summed E-state index contributed by atoms with van der Waals surface area (Å²) in [7, 11) is 0. The first-order valence-corrected chi connectivity index (χ1v) is 7.81. The largest absolute Gasteiger partial charge is 0.339 e. The first-order chi connectivity index (χ1) is 11.3. The molecule has 0 unspecified atom stereocenters. The maximum atomic E-state index is 12.3. The van der Waals surface area contributed by atoms with Crippen LogP contribution in [0.5, 0.6) is 0 Å². The zero-order valence-electron chi connectivity index (χ0n) is 12.6. The lowest BCUT2D eigenvalue weighted by molar-refractivity contribution is 0.0712. The molecule has 1 fully saturated rings. The monoisotopic (exact) mass is 307 g/mol. The highest BCUT2D eigenvalue weighted by Crippen LogP contribution is 2.28. The lowest BCUT2D eigenvalue weighted by atomic mass is 9.92. The normalized spacial score (nSPS) is 15.9. The Labute approximate surface area is 133 Å². The van der Waals surface area contributed by atoms with Gasteiger partial charge >= 0.3 is 0 Å². The van der Waals surface area contributed by atoms with Gasteiger partial charge in [-0.1, -0.05) is 0 Å². The molecule has 0 radical (unpaired) electrons. The molecule has 4 heterocycles. The smallest absolute Gasteiger partial charge is 0.257 e. The molecule has 0 spiro atoms. The van der Waals surface area contributed by atoms with E-state index in [2.05, 4.69) is 32.3 Å². The Kier molecular flexibility index (Phi) is 3.49. The van der Waals surface area contributed by atoms with Crippen molar-refractivity contribution in [2.45, 2.75) is 18.8 Å². The molecule has 3 aromatic heterocycles. The van der Waals surface area contributed by atoms with Crippen LogP contribution in [0.1, 0.15) is 34.8 Å². The van der Waals surface area contributed by atoms with E-state index >= 15 is 0 Å². The maximum Gasteiger partial charge on any atom is 0.257 e. The third kappa shape index (κ3) is 2.67. The van der Waals surface area contributed by atoms with Crippen molar-refractivity contribution in [3.05, 3.63) is 54.1 Å². The summed E-state index contributed by atoms with van der Waals surface area (Å²) in [5.41, 5.74) is 2.49. The van der Waals surface area contributed by atoms with Gasteiger partial charge in [-0.25, -0.2) is 9.97 Å². The van der Waals surface area contributed by atoms with Gasteiger partial charge < -0.3 is 4.90 Å². The summed E-state index contributed by atoms with van der Waals surface area (Å²) in [5, 5.41) is 7.59. The molecule has 1 N–H and O–H groups in total. The van der Waals surface area contributed by atoms with Crippen molar-refractivity contribution in [1.29, 1.82) is 0 Å². The van der Waals surface area contributed by atoms with E-state index in [4.69, 9.17) is 0 Å². The summed E-state index contributed by atoms with van der Waals surface area (Å²) < 4.78 is 0. The van der Waals surface area contributed by atoms with Crippen LogP contribution in [0.4, 0.5) is 0 Å². The van der Waals surface area contributed by atoms with Crippen LogP contribution in [0.15, 0.2) is 42.9 Å². The number of likely N-dealkylation sites (tertiary alicyclic amines) is 1. The summed E-state index contributed by atoms with van der Waals surface area (Å²) in [6.45, 7) is 1.49. The number of aromatic nitrogens is 4. The van der Waals surface area contributed by atoms with Crippen LogP contribution in [0.2, 0.25) is 0 Å². The van der Waals surface area contributed by atoms with Crippen molar-refractivity contribution in [2.24, 2.45) is 0 Å². The molecule has 1 aliphatic rings. The van der Waals surface area contributed by atoms with Gasteiger partial charge in [0.1, 0.15) is 0 Å². The predicted octanol–water partition coefficient (Wildman–Crippen LogP) is 2.37. The second kappa shape index (κ2) is 5.79. The minimum absolute atomic E-state index is 0.0466. The number of H-pyrrole nitrogens is 1. The Hall–Kier alpha value is -2.76. The van der Waals surface area contributed by atoms with Gasteiger partial charge in [0.05, 0.1) is 11.8 Å². The summed E-state index contributed by atoms with van der Waals surface area (Å²) in [4.78, 5) is 23.2. The Morgan fingerprint density at radius 3 is 2.87 bits per heavy atom. The molecular weight excluding hydrogens is 290 g/mol. The molecule has 0 saturated carbocycles. The van der Waals surface area contributed by atoms with Gasteiger partial charge in [0.2, 0.25) is 0 Å². The van der Waals surface area contributed by atoms with E-state index in [1.54, 1.807) is 18.6 Å². The average molecular weight is 307 g/mol. The van der Waals surface area contributed by atoms with Gasteiger partial charge in [-0.2, -0.15) is 5.10 Å². The molecule has 116 valence electrons. The number of fused-ring (bicyclic) bond motifs is 1. The van der Waals surface area contributed by atoms with Crippen LogP contribution in [0.25, 0.3) is 11.0 Å². The van der Waals surface area contributed by atoms with Crippen molar-refractivity contribution in [3.63, 3.8) is 0 Å². The summed E-state index contributed by atoms with van der Waals surface area (Å²) in [6.07, 6.45) is 6.84. The van der Waals surface area contributed by atoms with Gasteiger partial charge in [0.15, 0.2) is 5.65 Å². The average Bonchev–Trinajstić information content (AvgIpc) is 3.15. The molecule has 3 aromatic rings. The molecule has 4 rings (SSSR count). The van der Waals surface area contributed by atoms with Crippen molar-refractivity contribution < 1.29 is 4.79 Å². The molecular formula is C17H17N5O. The van der Waals surface area contributed by atoms with Crippen molar-refractivity contribution in [3.8, 4) is 0 Å². The molecule has 6 nitrogen and oxygen atoms in total. The molecule has 0 aromatic carbocycles. The Bertz CT molecular complexity index is 822. The van der Waals surface area contributed by atoms with E-state index in [-0.39, 0.29) is 5.91 Å². The number of aromatic amines is 1. The number of piperidine rings is 1. The van der Waals surface area contributed by atoms with Crippen molar-refractivity contribution in [2.75, 3.05) is 13.1 Å². The minimum Gasteiger partial charge on any atom is -0.339 e. The number of nitrogens with one attached hydrogen (secondary N) is 1. The van der Waals surface area contributed by atoms with Crippen LogP contribution >= 0.6 is 0 Å². The Morgan fingerprint density at radius 1 is 1.22 bits per heavy atom. The molecule has 23 heavy (non-hydrogen) atoms. The standard InChI is InChI=1S/C17H17N5O/c23-17(14-10-19-20-11-14)22-8-5-12(6-9-22)15-4-3-13-2-1-7-18-16(13)21-15/h1-4,7,10-12H,5-6,8-9H2,(H,19,20). The van der Waals surface area contributed by atoms with E-state index in [9.17, 15) is 4.79 Å². The molecule has 0 bridgehead atoms. The van der Waals surface area contributed by atoms with Gasteiger partial charge in [-0.3, -0.25) is 9.89 Å². The fraction of sp³-hybridized carbons (Fsp3) is 0.294. The number of carbonyl (C=O) groups is 1. The van der Waals surface area contributed by atoms with Crippen LogP contribution in [-0.4, -0.2) is 44.1 Å². The predicted molar refractivity (Wildman–Crippen MR) is 86.0 cm³/mol. The first-order valence-electron chi connectivity index (χ1n) is 7.81. The Morgan fingerprint density at radius 2 is 2.09 bits per heavy atom. The third-order valence-electron chi connectivity index (χ3n) is 4.43. The molecule has 6 heteroatoms. The number of pyridine rings is 2. The number of amides is 1. The van der Waals surface area contributed by atoms with Crippen LogP contribution in [0, 0.1) is 0 Å². The first kappa shape index (κ1) is 13.9. The van der Waals surface area contributed by atoms with E-state index in [1.807, 2.05) is 17.0 Å². The molecule has 1 saturated heterocycles. The van der Waals surface area contributed by atoms with Gasteiger partial charge in [0, 0.05) is 42.5 Å². The lowest BCUT2D eigenvalue weighted by Gasteiger charge is -2.31. The Balaban J connectivity index is 1.47. The fourth-order valence-corrected chi connectivity index (χ4v) is 3.12. The fourth-order valence-electron chi connectivity index (χ4n) is 3.12. The van der Waals surface area contributed by atoms with Gasteiger partial charge in [0.25, 0.3) is 5.91 Å². The summed E-state index contributed by atoms with van der Waals surface area (Å²) in [5.74, 6) is 0.431. The highest BCUT2D eigenvalue weighted by Gasteiger charge is 2.25. The van der Waals surface area contributed by atoms with Crippen molar-refractivity contribution >= 4 is 16.9 Å². The highest BCUT2D eigenvalue weighted by molar-refractivity contribution is 5.93. The minimum atomic E-state index is 0.0466. The quantitative estimate of drug-likeness (QED) is 0.788. The van der Waals surface area contributed by atoms with E-state index in [1.165, 1.54) is 0 Å². The number of hydrogen-bond donors (Lipinski definition) is 1. The summed E-state index contributed by atoms with van der Waals surface area (Å²) >= 11 is 0. The van der Waals surface area contributed by atoms with Crippen LogP contribution in [-0.2, 0) is 0 Å². The second-order valence-electron chi connectivity index (χ2n) is 5.84. The van der Waals surface area contributed by atoms with Gasteiger partial charge in [-0.05, 0) is 37.1 Å². The third-order valence-corrected chi connectivity index (χ3v) is 4.43. The topological polar surface area (TPSA) is 74.8 Å². The second-order valence-corrected chi connectivity index (χ2v) is 5.84. The highest BCUT2D eigenvalue weighted by atomic mass is 16.2. The van der Waals surface area contributed by atoms with E-state index in [0.717, 1.165) is 42.7 Å². The maximum absolute atomic E-state index is 12.3. The van der Waals surface area contributed by atoms with E-state index < -0.39 is 0 Å². The molecule has 0 atom stereocenters. The SMILES string of the molecule is O=C(c1cn[nH]c1)N1CCC(c2ccc3cccnc3n2)CC1. The molecule has 1 amide bonds. The number of rotatable bonds is 2. The lowest BCUT2D eigenvalue weighted by Crippen LogP contribution is -2.37. The number of carbonyl (C=O) groups excluding carboxylic acids is 1. The summed E-state index contributed by atoms with van der Waals surface area (Å²) in [6, 6.07) is 8.10. The van der Waals surface area contributed by atoms with Crippen LogP contribution < -0.4 is 0 Å². The number of hydrogen-bond acceptors (Lipinski definition) is 4. The molecule has 1 aliphatic heterocycles.